The molecule has 5 nitrogen and oxygen atoms in total. The van der Waals surface area contributed by atoms with E-state index in [1.807, 2.05) is 62.4 Å². The Labute approximate surface area is 210 Å². The molecule has 0 N–H and O–H groups in total. The lowest BCUT2D eigenvalue weighted by Crippen LogP contribution is -2.37. The Hall–Kier alpha value is -3.80. The van der Waals surface area contributed by atoms with Crippen LogP contribution in [0.2, 0.25) is 0 Å². The van der Waals surface area contributed by atoms with Gasteiger partial charge in [-0.05, 0) is 56.3 Å². The second-order valence-electron chi connectivity index (χ2n) is 8.23. The van der Waals surface area contributed by atoms with Gasteiger partial charge in [0.1, 0.15) is 22.5 Å². The van der Waals surface area contributed by atoms with Gasteiger partial charge >= 0.3 is 21.3 Å². The summed E-state index contributed by atoms with van der Waals surface area (Å²) in [5.74, 6) is 0.837. The molecule has 0 aliphatic carbocycles. The van der Waals surface area contributed by atoms with Crippen LogP contribution in [0.15, 0.2) is 84.9 Å². The molecule has 0 radical (unpaired) electrons. The van der Waals surface area contributed by atoms with Crippen molar-refractivity contribution in [1.82, 2.24) is 9.97 Å². The summed E-state index contributed by atoms with van der Waals surface area (Å²) in [6.45, 7) is 3.73. The Balaban J connectivity index is 1.55. The zero-order valence-corrected chi connectivity index (χ0v) is 20.6. The summed E-state index contributed by atoms with van der Waals surface area (Å²) in [5, 5.41) is 1.71. The van der Waals surface area contributed by atoms with E-state index in [9.17, 15) is 13.2 Å². The molecule has 0 bridgehead atoms. The molecule has 2 aromatic heterocycles. The van der Waals surface area contributed by atoms with Crippen molar-refractivity contribution in [2.45, 2.75) is 20.0 Å². The quantitative estimate of drug-likeness (QED) is 0.235. The Kier molecular flexibility index (Phi) is 6.44. The van der Waals surface area contributed by atoms with Crippen LogP contribution in [-0.2, 0) is 6.18 Å². The van der Waals surface area contributed by atoms with Crippen molar-refractivity contribution in [3.63, 3.8) is 0 Å². The monoisotopic (exact) mass is 504 g/mol. The third kappa shape index (κ3) is 5.23. The highest BCUT2D eigenvalue weighted by atomic mass is 27.3. The van der Waals surface area contributed by atoms with E-state index in [2.05, 4.69) is 9.97 Å². The van der Waals surface area contributed by atoms with Crippen LogP contribution < -0.4 is 11.4 Å². The number of para-hydroxylation sites is 2. The fraction of sp³-hybridized carbons (Fsp3) is 0.111. The van der Waals surface area contributed by atoms with Crippen molar-refractivity contribution in [2.24, 2.45) is 0 Å². The van der Waals surface area contributed by atoms with Gasteiger partial charge in [0.15, 0.2) is 0 Å². The van der Waals surface area contributed by atoms with Gasteiger partial charge < -0.3 is 11.4 Å². The molecule has 0 atom stereocenters. The molecular formula is C27H20AlF3N2O3. The van der Waals surface area contributed by atoms with Gasteiger partial charge in [0, 0.05) is 22.2 Å². The molecule has 0 spiro atoms. The van der Waals surface area contributed by atoms with E-state index in [1.54, 1.807) is 12.1 Å². The van der Waals surface area contributed by atoms with Crippen molar-refractivity contribution >= 4 is 37.0 Å². The molecule has 180 valence electrons. The highest BCUT2D eigenvalue weighted by Gasteiger charge is 2.45. The zero-order valence-electron chi connectivity index (χ0n) is 19.4. The van der Waals surface area contributed by atoms with Gasteiger partial charge in [-0.3, -0.25) is 0 Å². The summed E-state index contributed by atoms with van der Waals surface area (Å²) in [4.78, 5) is 9.15. The molecule has 0 aliphatic heterocycles. The highest BCUT2D eigenvalue weighted by molar-refractivity contribution is 6.40. The molecule has 36 heavy (non-hydrogen) atoms. The van der Waals surface area contributed by atoms with Gasteiger partial charge in [0.25, 0.3) is 0 Å². The number of rotatable bonds is 6. The first-order valence-corrected chi connectivity index (χ1v) is 12.6. The maximum absolute atomic E-state index is 13.3. The Morgan fingerprint density at radius 1 is 0.639 bits per heavy atom. The van der Waals surface area contributed by atoms with Crippen LogP contribution in [0.4, 0.5) is 13.2 Å². The lowest BCUT2D eigenvalue weighted by Gasteiger charge is -2.19. The molecule has 0 saturated heterocycles. The number of alkyl halides is 3. The normalized spacial score (nSPS) is 11.5. The summed E-state index contributed by atoms with van der Waals surface area (Å²) in [6, 6.07) is 23.2. The van der Waals surface area contributed by atoms with Crippen LogP contribution in [0, 0.1) is 13.8 Å². The maximum atomic E-state index is 13.3. The van der Waals surface area contributed by atoms with Gasteiger partial charge in [-0.25, -0.2) is 9.97 Å². The van der Waals surface area contributed by atoms with E-state index < -0.39 is 26.9 Å². The third-order valence-electron chi connectivity index (χ3n) is 5.48. The number of benzene rings is 3. The van der Waals surface area contributed by atoms with Crippen LogP contribution in [0.25, 0.3) is 21.8 Å². The SMILES string of the molecule is Cc1ccc2cccc([O][Al]([O]c3cccc(C(F)(F)F)c3)[O]c3cccc4ccc(C)nc34)c2n1. The predicted molar refractivity (Wildman–Crippen MR) is 132 cm³/mol. The molecule has 0 amide bonds. The van der Waals surface area contributed by atoms with Crippen molar-refractivity contribution < 1.29 is 24.5 Å². The third-order valence-corrected chi connectivity index (χ3v) is 6.84. The van der Waals surface area contributed by atoms with Gasteiger partial charge in [-0.15, -0.1) is 0 Å². The van der Waals surface area contributed by atoms with Crippen LogP contribution in [-0.4, -0.2) is 25.1 Å². The van der Waals surface area contributed by atoms with E-state index in [4.69, 9.17) is 11.4 Å². The lowest BCUT2D eigenvalue weighted by atomic mass is 10.2. The number of fused-ring (bicyclic) bond motifs is 2. The van der Waals surface area contributed by atoms with Crippen LogP contribution in [0.1, 0.15) is 17.0 Å². The highest BCUT2D eigenvalue weighted by Crippen LogP contribution is 2.32. The first-order chi connectivity index (χ1) is 17.3. The second kappa shape index (κ2) is 9.69. The van der Waals surface area contributed by atoms with Gasteiger partial charge in [-0.2, -0.15) is 13.2 Å². The summed E-state index contributed by atoms with van der Waals surface area (Å²) in [5.41, 5.74) is 1.99. The Morgan fingerprint density at radius 3 is 1.69 bits per heavy atom. The molecule has 2 heterocycles. The molecule has 5 rings (SSSR count). The molecule has 5 aromatic rings. The van der Waals surface area contributed by atoms with E-state index >= 15 is 0 Å². The summed E-state index contributed by atoms with van der Waals surface area (Å²) in [7, 11) is 0. The summed E-state index contributed by atoms with van der Waals surface area (Å²) < 4.78 is 58.3. The number of aryl methyl sites for hydroxylation is 2. The van der Waals surface area contributed by atoms with Crippen molar-refractivity contribution in [3.05, 3.63) is 102 Å². The molecule has 0 saturated carbocycles. The van der Waals surface area contributed by atoms with Crippen LogP contribution in [0.5, 0.6) is 17.2 Å². The zero-order chi connectivity index (χ0) is 25.3. The maximum Gasteiger partial charge on any atom is 1.20 e. The smallest absolute Gasteiger partial charge is 0.577 e. The largest absolute Gasteiger partial charge is 1.20 e. The van der Waals surface area contributed by atoms with Gasteiger partial charge in [-0.1, -0.05) is 42.5 Å². The minimum atomic E-state index is -4.51. The first-order valence-electron chi connectivity index (χ1n) is 11.2. The average molecular weight is 504 g/mol. The second-order valence-corrected chi connectivity index (χ2v) is 9.51. The van der Waals surface area contributed by atoms with Crippen molar-refractivity contribution in [2.75, 3.05) is 0 Å². The molecule has 3 aromatic carbocycles. The van der Waals surface area contributed by atoms with Crippen LogP contribution in [0.3, 0.4) is 0 Å². The van der Waals surface area contributed by atoms with Crippen molar-refractivity contribution in [1.29, 1.82) is 0 Å². The van der Waals surface area contributed by atoms with E-state index in [-0.39, 0.29) is 5.75 Å². The minimum Gasteiger partial charge on any atom is -0.577 e. The van der Waals surface area contributed by atoms with Gasteiger partial charge in [0.05, 0.1) is 11.3 Å². The fourth-order valence-corrected chi connectivity index (χ4v) is 5.07. The minimum absolute atomic E-state index is 0.00440. The molecule has 0 unspecified atom stereocenters. The fourth-order valence-electron chi connectivity index (χ4n) is 3.76. The summed E-state index contributed by atoms with van der Waals surface area (Å²) in [6.07, 6.45) is -4.51. The number of hydrogen-bond acceptors (Lipinski definition) is 5. The lowest BCUT2D eigenvalue weighted by molar-refractivity contribution is -0.137. The number of halogens is 3. The summed E-state index contributed by atoms with van der Waals surface area (Å²) >= 11 is -3.18. The van der Waals surface area contributed by atoms with Crippen molar-refractivity contribution in [3.8, 4) is 17.2 Å². The molecule has 0 aliphatic rings. The number of nitrogens with zero attached hydrogens (tertiary/aromatic N) is 2. The van der Waals surface area contributed by atoms with E-state index in [0.29, 0.717) is 22.5 Å². The molecule has 9 heteroatoms. The number of aromatic nitrogens is 2. The Bertz CT molecular complexity index is 1470. The van der Waals surface area contributed by atoms with Crippen LogP contribution >= 0.6 is 0 Å². The topological polar surface area (TPSA) is 53.5 Å². The average Bonchev–Trinajstić information content (AvgIpc) is 2.84. The molecule has 0 fully saturated rings. The predicted octanol–water partition coefficient (Wildman–Crippen LogP) is 6.94. The van der Waals surface area contributed by atoms with E-state index in [0.717, 1.165) is 34.3 Å². The van der Waals surface area contributed by atoms with E-state index in [1.165, 1.54) is 12.1 Å². The molecular weight excluding hydrogens is 484 g/mol. The number of pyridine rings is 2. The van der Waals surface area contributed by atoms with Gasteiger partial charge in [0.2, 0.25) is 0 Å². The Morgan fingerprint density at radius 2 is 1.17 bits per heavy atom. The number of hydrogen-bond donors (Lipinski definition) is 0. The first kappa shape index (κ1) is 23.9. The standard InChI is InChI=1S/2C10H9NO.C7H5F3O.Al/c2*1-7-5-6-8-3-2-4-9(12)10(8)11-7;8-7(9,10)5-2-1-3-6(11)4-5;/h2*2-6,12H,1H3;1-4,11H;/q;;;+3/p-3.